The van der Waals surface area contributed by atoms with Crippen LogP contribution in [0.1, 0.15) is 11.1 Å². The maximum atomic E-state index is 12.3. The lowest BCUT2D eigenvalue weighted by Crippen LogP contribution is -1.96. The predicted molar refractivity (Wildman–Crippen MR) is 96.0 cm³/mol. The highest BCUT2D eigenvalue weighted by molar-refractivity contribution is 7.52. The lowest BCUT2D eigenvalue weighted by molar-refractivity contribution is 0.196. The van der Waals surface area contributed by atoms with Crippen LogP contribution in [-0.2, 0) is 26.8 Å². The van der Waals surface area contributed by atoms with Gasteiger partial charge in [-0.1, -0.05) is 58.5 Å². The number of benzene rings is 2. The smallest absolute Gasteiger partial charge is 0.304 e. The Kier molecular flexibility index (Phi) is 6.82. The Labute approximate surface area is 154 Å². The van der Waals surface area contributed by atoms with E-state index in [1.54, 1.807) is 36.4 Å². The van der Waals surface area contributed by atoms with Crippen LogP contribution in [0.2, 0.25) is 20.1 Å². The second-order valence-corrected chi connectivity index (χ2v) is 8.50. The average Bonchev–Trinajstić information content (AvgIpc) is 2.50. The monoisotopic (exact) mass is 412 g/mol. The van der Waals surface area contributed by atoms with E-state index in [0.717, 1.165) is 11.1 Å². The molecule has 0 amide bonds. The molecule has 0 heterocycles. The Hall–Kier alpha value is -0.250. The van der Waals surface area contributed by atoms with E-state index >= 15 is 0 Å². The normalized spacial score (nSPS) is 11.7. The molecule has 0 atom stereocenters. The van der Waals surface area contributed by atoms with Gasteiger partial charge >= 0.3 is 7.60 Å². The molecule has 23 heavy (non-hydrogen) atoms. The van der Waals surface area contributed by atoms with Gasteiger partial charge in [-0.3, -0.25) is 4.57 Å². The minimum atomic E-state index is -3.23. The lowest BCUT2D eigenvalue weighted by Gasteiger charge is -2.15. The second-order valence-electron chi connectivity index (χ2n) is 4.82. The number of hydrogen-bond donors (Lipinski definition) is 0. The minimum absolute atomic E-state index is 0.103. The van der Waals surface area contributed by atoms with Crippen LogP contribution < -0.4 is 0 Å². The SMILES string of the molecule is CP(=O)(OCc1ccc(Cl)c(Cl)c1)OCc1ccc(Cl)c(Cl)c1. The zero-order valence-electron chi connectivity index (χ0n) is 12.1. The number of halogens is 4. The topological polar surface area (TPSA) is 35.5 Å². The summed E-state index contributed by atoms with van der Waals surface area (Å²) in [5, 5.41) is 1.72. The predicted octanol–water partition coefficient (Wildman–Crippen LogP) is 6.86. The van der Waals surface area contributed by atoms with Gasteiger partial charge in [0.15, 0.2) is 0 Å². The van der Waals surface area contributed by atoms with Crippen molar-refractivity contribution in [2.45, 2.75) is 13.2 Å². The quantitative estimate of drug-likeness (QED) is 0.485. The molecule has 2 aromatic carbocycles. The summed E-state index contributed by atoms with van der Waals surface area (Å²) in [6.07, 6.45) is 0. The second kappa shape index (κ2) is 8.22. The van der Waals surface area contributed by atoms with Gasteiger partial charge in [0.2, 0.25) is 0 Å². The molecule has 0 radical (unpaired) electrons. The van der Waals surface area contributed by atoms with Crippen molar-refractivity contribution in [1.29, 1.82) is 0 Å². The molecule has 0 saturated carbocycles. The van der Waals surface area contributed by atoms with E-state index in [-0.39, 0.29) is 13.2 Å². The van der Waals surface area contributed by atoms with E-state index in [9.17, 15) is 4.57 Å². The first-order valence-electron chi connectivity index (χ1n) is 6.51. The van der Waals surface area contributed by atoms with E-state index in [4.69, 9.17) is 55.5 Å². The Morgan fingerprint density at radius 3 is 1.52 bits per heavy atom. The lowest BCUT2D eigenvalue weighted by atomic mass is 10.2. The van der Waals surface area contributed by atoms with Crippen molar-refractivity contribution in [3.8, 4) is 0 Å². The molecular weight excluding hydrogens is 401 g/mol. The summed E-state index contributed by atoms with van der Waals surface area (Å²) in [5.41, 5.74) is 1.50. The average molecular weight is 414 g/mol. The van der Waals surface area contributed by atoms with Crippen LogP contribution in [0.3, 0.4) is 0 Å². The van der Waals surface area contributed by atoms with Crippen LogP contribution in [0.25, 0.3) is 0 Å². The molecule has 0 spiro atoms. The zero-order valence-corrected chi connectivity index (χ0v) is 16.0. The summed E-state index contributed by atoms with van der Waals surface area (Å²) >= 11 is 23.5. The fourth-order valence-corrected chi connectivity index (χ4v) is 3.16. The maximum absolute atomic E-state index is 12.3. The van der Waals surface area contributed by atoms with Crippen LogP contribution >= 0.6 is 54.0 Å². The molecule has 0 aliphatic carbocycles. The fraction of sp³-hybridized carbons (Fsp3) is 0.200. The van der Waals surface area contributed by atoms with Gasteiger partial charge in [-0.2, -0.15) is 0 Å². The summed E-state index contributed by atoms with van der Waals surface area (Å²) in [5.74, 6) is 0. The third-order valence-corrected chi connectivity index (χ3v) is 5.57. The van der Waals surface area contributed by atoms with Gasteiger partial charge in [-0.05, 0) is 35.4 Å². The van der Waals surface area contributed by atoms with Gasteiger partial charge in [0.1, 0.15) is 0 Å². The van der Waals surface area contributed by atoms with Crippen molar-refractivity contribution < 1.29 is 13.6 Å². The molecule has 2 aromatic rings. The van der Waals surface area contributed by atoms with Gasteiger partial charge in [-0.15, -0.1) is 0 Å². The molecule has 0 unspecified atom stereocenters. The van der Waals surface area contributed by atoms with Gasteiger partial charge in [0.05, 0.1) is 33.3 Å². The van der Waals surface area contributed by atoms with Gasteiger partial charge in [-0.25, -0.2) is 0 Å². The molecule has 0 bridgehead atoms. The van der Waals surface area contributed by atoms with E-state index in [1.165, 1.54) is 6.66 Å². The van der Waals surface area contributed by atoms with Gasteiger partial charge < -0.3 is 9.05 Å². The third kappa shape index (κ3) is 5.95. The minimum Gasteiger partial charge on any atom is -0.304 e. The van der Waals surface area contributed by atoms with Crippen LogP contribution in [0.5, 0.6) is 0 Å². The van der Waals surface area contributed by atoms with E-state index in [1.807, 2.05) is 0 Å². The van der Waals surface area contributed by atoms with Crippen molar-refractivity contribution in [3.05, 3.63) is 67.6 Å². The number of rotatable bonds is 6. The maximum Gasteiger partial charge on any atom is 0.328 e. The van der Waals surface area contributed by atoms with Crippen molar-refractivity contribution in [3.63, 3.8) is 0 Å². The third-order valence-electron chi connectivity index (χ3n) is 2.90. The summed E-state index contributed by atoms with van der Waals surface area (Å²) in [4.78, 5) is 0. The molecule has 0 aliphatic heterocycles. The van der Waals surface area contributed by atoms with Gasteiger partial charge in [0, 0.05) is 6.66 Å². The fourth-order valence-electron chi connectivity index (χ4n) is 1.68. The van der Waals surface area contributed by atoms with Crippen molar-refractivity contribution >= 4 is 54.0 Å². The Balaban J connectivity index is 1.92. The largest absolute Gasteiger partial charge is 0.328 e. The number of hydrogen-bond acceptors (Lipinski definition) is 3. The van der Waals surface area contributed by atoms with Gasteiger partial charge in [0.25, 0.3) is 0 Å². The molecule has 3 nitrogen and oxygen atoms in total. The summed E-state index contributed by atoms with van der Waals surface area (Å²) in [6.45, 7) is 1.61. The van der Waals surface area contributed by atoms with Crippen LogP contribution in [-0.4, -0.2) is 6.66 Å². The molecule has 8 heteroatoms. The molecule has 124 valence electrons. The summed E-state index contributed by atoms with van der Waals surface area (Å²) in [7, 11) is -3.23. The van der Waals surface area contributed by atoms with Crippen LogP contribution in [0.4, 0.5) is 0 Å². The van der Waals surface area contributed by atoms with Crippen LogP contribution in [0.15, 0.2) is 36.4 Å². The van der Waals surface area contributed by atoms with Crippen molar-refractivity contribution in [2.24, 2.45) is 0 Å². The molecule has 0 N–H and O–H groups in total. The summed E-state index contributed by atoms with van der Waals surface area (Å²) < 4.78 is 23.0. The highest BCUT2D eigenvalue weighted by atomic mass is 35.5. The van der Waals surface area contributed by atoms with Crippen molar-refractivity contribution in [1.82, 2.24) is 0 Å². The van der Waals surface area contributed by atoms with E-state index in [2.05, 4.69) is 0 Å². The van der Waals surface area contributed by atoms with Crippen LogP contribution in [0, 0.1) is 0 Å². The Morgan fingerprint density at radius 1 is 0.783 bits per heavy atom. The zero-order chi connectivity index (χ0) is 17.0. The molecule has 0 aromatic heterocycles. The molecule has 0 aliphatic rings. The molecule has 0 fully saturated rings. The first-order valence-corrected chi connectivity index (χ1v) is 10.0. The molecule has 2 rings (SSSR count). The van der Waals surface area contributed by atoms with E-state index in [0.29, 0.717) is 20.1 Å². The highest BCUT2D eigenvalue weighted by Gasteiger charge is 2.18. The highest BCUT2D eigenvalue weighted by Crippen LogP contribution is 2.45. The molecule has 0 saturated heterocycles. The molecular formula is C15H13Cl4O3P. The van der Waals surface area contributed by atoms with Crippen molar-refractivity contribution in [2.75, 3.05) is 6.66 Å². The first-order chi connectivity index (χ1) is 10.8. The Morgan fingerprint density at radius 2 is 1.17 bits per heavy atom. The first kappa shape index (κ1) is 19.1. The summed E-state index contributed by atoms with van der Waals surface area (Å²) in [6, 6.07) is 10.1. The van der Waals surface area contributed by atoms with E-state index < -0.39 is 7.60 Å². The standard InChI is InChI=1S/C15H13Cl4O3P/c1-23(20,21-8-10-2-4-12(16)14(18)6-10)22-9-11-3-5-13(17)15(19)7-11/h2-7H,8-9H2,1H3. The Bertz CT molecular complexity index is 692.